The average molecular weight is 218 g/mol. The highest BCUT2D eigenvalue weighted by molar-refractivity contribution is 7.87. The fourth-order valence-corrected chi connectivity index (χ4v) is 4.07. The van der Waals surface area contributed by atoms with Gasteiger partial charge in [-0.15, -0.1) is 0 Å². The van der Waals surface area contributed by atoms with E-state index < -0.39 is 10.1 Å². The van der Waals surface area contributed by atoms with Crippen LogP contribution in [0.15, 0.2) is 0 Å². The second-order valence-electron chi connectivity index (χ2n) is 4.40. The Kier molecular flexibility index (Phi) is 3.12. The van der Waals surface area contributed by atoms with Crippen LogP contribution < -0.4 is 0 Å². The van der Waals surface area contributed by atoms with E-state index in [4.69, 9.17) is 4.18 Å². The van der Waals surface area contributed by atoms with Crippen molar-refractivity contribution < 1.29 is 12.6 Å². The first kappa shape index (κ1) is 10.4. The second-order valence-corrected chi connectivity index (χ2v) is 6.25. The summed E-state index contributed by atoms with van der Waals surface area (Å²) in [5, 5.41) is -0.205. The van der Waals surface area contributed by atoms with Crippen LogP contribution in [0.2, 0.25) is 0 Å². The highest BCUT2D eigenvalue weighted by atomic mass is 32.2. The Morgan fingerprint density at radius 3 is 1.93 bits per heavy atom. The molecule has 0 aliphatic heterocycles. The van der Waals surface area contributed by atoms with Gasteiger partial charge in [0.1, 0.15) is 0 Å². The van der Waals surface area contributed by atoms with E-state index in [0.29, 0.717) is 0 Å². The minimum absolute atomic E-state index is 0.0133. The van der Waals surface area contributed by atoms with Crippen LogP contribution in [0.4, 0.5) is 0 Å². The predicted octanol–water partition coefficient (Wildman–Crippen LogP) is 2.22. The Labute approximate surface area is 86.0 Å². The molecule has 0 unspecified atom stereocenters. The van der Waals surface area contributed by atoms with E-state index in [1.807, 2.05) is 0 Å². The molecular weight excluding hydrogens is 200 g/mol. The summed E-state index contributed by atoms with van der Waals surface area (Å²) in [6.45, 7) is 0. The smallest absolute Gasteiger partial charge is 0.267 e. The summed E-state index contributed by atoms with van der Waals surface area (Å²) in [6, 6.07) is 0. The van der Waals surface area contributed by atoms with Gasteiger partial charge in [-0.3, -0.25) is 4.18 Å². The van der Waals surface area contributed by atoms with Crippen LogP contribution in [0.25, 0.3) is 0 Å². The minimum atomic E-state index is -3.24. The highest BCUT2D eigenvalue weighted by Gasteiger charge is 2.32. The molecule has 0 spiro atoms. The lowest BCUT2D eigenvalue weighted by molar-refractivity contribution is 0.213. The molecule has 0 bridgehead atoms. The molecule has 2 saturated carbocycles. The van der Waals surface area contributed by atoms with Crippen LogP contribution in [0.3, 0.4) is 0 Å². The summed E-state index contributed by atoms with van der Waals surface area (Å²) >= 11 is 0. The normalized spacial score (nSPS) is 26.0. The summed E-state index contributed by atoms with van der Waals surface area (Å²) in [5.74, 6) is 0. The summed E-state index contributed by atoms with van der Waals surface area (Å²) in [6.07, 6.45) is 7.74. The van der Waals surface area contributed by atoms with Gasteiger partial charge in [0.15, 0.2) is 0 Å². The van der Waals surface area contributed by atoms with Gasteiger partial charge in [0.25, 0.3) is 10.1 Å². The van der Waals surface area contributed by atoms with Crippen molar-refractivity contribution >= 4 is 10.1 Å². The van der Waals surface area contributed by atoms with E-state index >= 15 is 0 Å². The zero-order chi connectivity index (χ0) is 10.0. The Bertz CT molecular complexity index is 272. The fraction of sp³-hybridized carbons (Fsp3) is 1.00. The van der Waals surface area contributed by atoms with E-state index in [1.54, 1.807) is 0 Å². The van der Waals surface area contributed by atoms with Crippen LogP contribution in [0.1, 0.15) is 51.4 Å². The van der Waals surface area contributed by atoms with E-state index in [-0.39, 0.29) is 11.4 Å². The molecule has 2 aliphatic rings. The van der Waals surface area contributed by atoms with Gasteiger partial charge >= 0.3 is 0 Å². The number of rotatable bonds is 3. The van der Waals surface area contributed by atoms with Crippen molar-refractivity contribution in [1.29, 1.82) is 0 Å². The molecule has 0 N–H and O–H groups in total. The van der Waals surface area contributed by atoms with Crippen molar-refractivity contribution in [3.05, 3.63) is 0 Å². The van der Waals surface area contributed by atoms with Crippen molar-refractivity contribution in [2.45, 2.75) is 62.7 Å². The van der Waals surface area contributed by atoms with Gasteiger partial charge in [-0.1, -0.05) is 25.7 Å². The third-order valence-electron chi connectivity index (χ3n) is 3.28. The molecule has 0 atom stereocenters. The lowest BCUT2D eigenvalue weighted by Crippen LogP contribution is -2.24. The molecular formula is C10H18O3S. The van der Waals surface area contributed by atoms with Crippen molar-refractivity contribution in [1.82, 2.24) is 0 Å². The minimum Gasteiger partial charge on any atom is -0.267 e. The zero-order valence-corrected chi connectivity index (χ0v) is 9.26. The Morgan fingerprint density at radius 1 is 0.857 bits per heavy atom. The second kappa shape index (κ2) is 4.19. The average Bonchev–Trinajstić information content (AvgIpc) is 2.71. The van der Waals surface area contributed by atoms with Gasteiger partial charge in [-0.05, 0) is 25.7 Å². The first-order valence-corrected chi connectivity index (χ1v) is 7.08. The maximum atomic E-state index is 11.8. The van der Waals surface area contributed by atoms with Crippen LogP contribution in [0.5, 0.6) is 0 Å². The summed E-state index contributed by atoms with van der Waals surface area (Å²) < 4.78 is 28.8. The van der Waals surface area contributed by atoms with Gasteiger partial charge in [-0.2, -0.15) is 8.42 Å². The Morgan fingerprint density at radius 2 is 1.36 bits per heavy atom. The van der Waals surface area contributed by atoms with Gasteiger partial charge < -0.3 is 0 Å². The lowest BCUT2D eigenvalue weighted by Gasteiger charge is -2.15. The van der Waals surface area contributed by atoms with Crippen LogP contribution in [0, 0.1) is 0 Å². The zero-order valence-electron chi connectivity index (χ0n) is 8.44. The summed E-state index contributed by atoms with van der Waals surface area (Å²) in [4.78, 5) is 0. The molecule has 4 heteroatoms. The molecule has 0 aromatic rings. The molecule has 0 amide bonds. The van der Waals surface area contributed by atoms with Crippen LogP contribution in [-0.4, -0.2) is 19.8 Å². The Hall–Kier alpha value is -0.0900. The van der Waals surface area contributed by atoms with Gasteiger partial charge in [-0.25, -0.2) is 0 Å². The van der Waals surface area contributed by atoms with Crippen LogP contribution >= 0.6 is 0 Å². The van der Waals surface area contributed by atoms with Gasteiger partial charge in [0, 0.05) is 0 Å². The van der Waals surface area contributed by atoms with Gasteiger partial charge in [0.05, 0.1) is 11.4 Å². The van der Waals surface area contributed by atoms with E-state index in [1.165, 1.54) is 0 Å². The summed E-state index contributed by atoms with van der Waals surface area (Å²) in [5.41, 5.74) is 0. The summed E-state index contributed by atoms with van der Waals surface area (Å²) in [7, 11) is -3.24. The molecule has 2 fully saturated rings. The van der Waals surface area contributed by atoms with E-state index in [0.717, 1.165) is 51.4 Å². The highest BCUT2D eigenvalue weighted by Crippen LogP contribution is 2.29. The quantitative estimate of drug-likeness (QED) is 0.682. The first-order valence-electron chi connectivity index (χ1n) is 5.60. The number of hydrogen-bond acceptors (Lipinski definition) is 3. The monoisotopic (exact) mass is 218 g/mol. The number of hydrogen-bond donors (Lipinski definition) is 0. The molecule has 3 nitrogen and oxygen atoms in total. The van der Waals surface area contributed by atoms with E-state index in [9.17, 15) is 8.42 Å². The Balaban J connectivity index is 1.93. The maximum Gasteiger partial charge on any atom is 0.270 e. The largest absolute Gasteiger partial charge is 0.270 e. The molecule has 0 aromatic carbocycles. The lowest BCUT2D eigenvalue weighted by atomic mass is 10.3. The molecule has 0 saturated heterocycles. The SMILES string of the molecule is O=S(=O)(OC1CCCC1)C1CCCC1. The third-order valence-corrected chi connectivity index (χ3v) is 5.11. The topological polar surface area (TPSA) is 43.4 Å². The molecule has 0 heterocycles. The van der Waals surface area contributed by atoms with Crippen molar-refractivity contribution in [2.75, 3.05) is 0 Å². The van der Waals surface area contributed by atoms with E-state index in [2.05, 4.69) is 0 Å². The van der Waals surface area contributed by atoms with Crippen molar-refractivity contribution in [3.8, 4) is 0 Å². The van der Waals surface area contributed by atoms with Crippen molar-refractivity contribution in [3.63, 3.8) is 0 Å². The van der Waals surface area contributed by atoms with Gasteiger partial charge in [0.2, 0.25) is 0 Å². The fourth-order valence-electron chi connectivity index (χ4n) is 2.43. The third kappa shape index (κ3) is 2.28. The molecule has 2 rings (SSSR count). The molecule has 82 valence electrons. The predicted molar refractivity (Wildman–Crippen MR) is 54.5 cm³/mol. The van der Waals surface area contributed by atoms with Crippen LogP contribution in [-0.2, 0) is 14.3 Å². The molecule has 14 heavy (non-hydrogen) atoms. The molecule has 0 radical (unpaired) electrons. The standard InChI is InChI=1S/C10H18O3S/c11-14(12,10-7-3-4-8-10)13-9-5-1-2-6-9/h9-10H,1-8H2. The first-order chi connectivity index (χ1) is 6.68. The maximum absolute atomic E-state index is 11.8. The molecule has 0 aromatic heterocycles. The molecule has 2 aliphatic carbocycles. The van der Waals surface area contributed by atoms with Crippen molar-refractivity contribution in [2.24, 2.45) is 0 Å².